The Morgan fingerprint density at radius 2 is 1.57 bits per heavy atom. The zero-order valence-corrected chi connectivity index (χ0v) is 27.1. The van der Waals surface area contributed by atoms with Crippen LogP contribution >= 0.6 is 0 Å². The highest BCUT2D eigenvalue weighted by Gasteiger charge is 2.71. The first-order chi connectivity index (χ1) is 19.3. The van der Waals surface area contributed by atoms with Crippen LogP contribution in [0.1, 0.15) is 65.2 Å². The summed E-state index contributed by atoms with van der Waals surface area (Å²) >= 11 is 0. The molecule has 0 aromatic carbocycles. The second-order valence-corrected chi connectivity index (χ2v) is 16.7. The van der Waals surface area contributed by atoms with Crippen LogP contribution in [-0.4, -0.2) is 112 Å². The van der Waals surface area contributed by atoms with E-state index in [9.17, 15) is 19.5 Å². The molecule has 1 N–H and O–H groups in total. The van der Waals surface area contributed by atoms with Gasteiger partial charge in [0, 0.05) is 23.8 Å². The van der Waals surface area contributed by atoms with E-state index >= 15 is 0 Å². The maximum atomic E-state index is 13.1. The second kappa shape index (κ2) is 10.6. The zero-order chi connectivity index (χ0) is 30.9. The lowest BCUT2D eigenvalue weighted by Crippen LogP contribution is -2.62. The Morgan fingerprint density at radius 3 is 2.17 bits per heavy atom. The summed E-state index contributed by atoms with van der Waals surface area (Å²) in [5.74, 6) is -0.152. The zero-order valence-electron chi connectivity index (χ0n) is 27.1. The fourth-order valence-corrected chi connectivity index (χ4v) is 9.84. The molecule has 0 radical (unpaired) electrons. The van der Waals surface area contributed by atoms with Gasteiger partial charge in [-0.3, -0.25) is 0 Å². The lowest BCUT2D eigenvalue weighted by Gasteiger charge is -2.63. The Balaban J connectivity index is 1.37. The average Bonchev–Trinajstić information content (AvgIpc) is 3.34. The molecule has 9 heteroatoms. The van der Waals surface area contributed by atoms with Gasteiger partial charge in [-0.25, -0.2) is 14.4 Å². The van der Waals surface area contributed by atoms with Gasteiger partial charge in [0.05, 0.1) is 47.9 Å². The minimum absolute atomic E-state index is 0.0386. The molecule has 0 saturated heterocycles. The van der Waals surface area contributed by atoms with E-state index in [4.69, 9.17) is 14.2 Å². The maximum absolute atomic E-state index is 13.1. The number of ether oxygens (including phenoxy) is 3. The van der Waals surface area contributed by atoms with Crippen molar-refractivity contribution in [1.82, 2.24) is 0 Å². The van der Waals surface area contributed by atoms with Crippen LogP contribution in [0.2, 0.25) is 0 Å². The molecule has 9 atom stereocenters. The SMILES string of the molecule is C[C@]12CC[C@H](OC(=O)C[N+](C)(C)C)C[C@H]1CC[C@@H]1[C@@H]2CC[C@]2(C)[C@@H](C3=CC(=O)OC3)[C@@H](OC(=O)C[N+](C)(C)C)C[C@]12O. The summed E-state index contributed by atoms with van der Waals surface area (Å²) in [6.07, 6.45) is 7.81. The number of hydrogen-bond donors (Lipinski definition) is 1. The van der Waals surface area contributed by atoms with E-state index in [1.165, 1.54) is 0 Å². The van der Waals surface area contributed by atoms with Gasteiger partial charge < -0.3 is 28.3 Å². The van der Waals surface area contributed by atoms with E-state index < -0.39 is 17.1 Å². The first-order valence-electron chi connectivity index (χ1n) is 15.9. The fraction of sp³-hybridized carbons (Fsp3) is 0.848. The van der Waals surface area contributed by atoms with E-state index in [0.29, 0.717) is 33.8 Å². The van der Waals surface area contributed by atoms with E-state index in [-0.39, 0.29) is 54.4 Å². The fourth-order valence-electron chi connectivity index (χ4n) is 9.84. The Kier molecular flexibility index (Phi) is 7.93. The molecule has 1 aliphatic heterocycles. The highest BCUT2D eigenvalue weighted by atomic mass is 16.6. The van der Waals surface area contributed by atoms with E-state index in [2.05, 4.69) is 13.8 Å². The molecule has 5 rings (SSSR count). The van der Waals surface area contributed by atoms with Gasteiger partial charge in [-0.2, -0.15) is 0 Å². The molecule has 42 heavy (non-hydrogen) atoms. The van der Waals surface area contributed by atoms with Gasteiger partial charge in [0.2, 0.25) is 0 Å². The van der Waals surface area contributed by atoms with E-state index in [1.54, 1.807) is 6.08 Å². The third-order valence-electron chi connectivity index (χ3n) is 11.7. The molecule has 0 amide bonds. The molecule has 0 spiro atoms. The van der Waals surface area contributed by atoms with Crippen LogP contribution in [0.5, 0.6) is 0 Å². The number of cyclic esters (lactones) is 1. The molecule has 4 fully saturated rings. The monoisotopic (exact) mass is 590 g/mol. The summed E-state index contributed by atoms with van der Waals surface area (Å²) in [6, 6.07) is 0. The largest absolute Gasteiger partial charge is 0.458 e. The Morgan fingerprint density at radius 1 is 0.929 bits per heavy atom. The molecule has 236 valence electrons. The van der Waals surface area contributed by atoms with Gasteiger partial charge in [0.1, 0.15) is 18.8 Å². The van der Waals surface area contributed by atoms with Crippen molar-refractivity contribution in [2.75, 3.05) is 62.0 Å². The average molecular weight is 591 g/mol. The maximum Gasteiger partial charge on any atom is 0.362 e. The van der Waals surface area contributed by atoms with Crippen LogP contribution < -0.4 is 0 Å². The standard InChI is InChI=1S/C33H54N2O7/c1-31-13-11-23(41-28(37)18-34(3,4)5)16-22(31)9-10-25-24(31)12-14-32(2)30(21-15-27(36)40-20-21)26(17-33(25,32)39)42-29(38)19-35(6,7)8/h15,22-26,30,39H,9-14,16-20H2,1-8H3/q+2/t22-,23+,24+,25-,26+,30+,31+,32-,33+/m1/s1. The number of likely N-dealkylation sites (N-methyl/N-ethyl adjacent to an activating group) is 2. The minimum Gasteiger partial charge on any atom is -0.458 e. The summed E-state index contributed by atoms with van der Waals surface area (Å²) in [4.78, 5) is 37.8. The molecule has 0 aromatic heterocycles. The number of rotatable bonds is 7. The third kappa shape index (κ3) is 5.65. The lowest BCUT2D eigenvalue weighted by molar-refractivity contribution is -0.862. The minimum atomic E-state index is -1.02. The topological polar surface area (TPSA) is 99.1 Å². The van der Waals surface area contributed by atoms with Gasteiger partial charge >= 0.3 is 17.9 Å². The van der Waals surface area contributed by atoms with Crippen molar-refractivity contribution in [2.45, 2.75) is 83.0 Å². The number of carbonyl (C=O) groups is 3. The van der Waals surface area contributed by atoms with Gasteiger partial charge in [-0.15, -0.1) is 0 Å². The van der Waals surface area contributed by atoms with Crippen LogP contribution in [0.25, 0.3) is 0 Å². The molecule has 1 heterocycles. The summed E-state index contributed by atoms with van der Waals surface area (Å²) < 4.78 is 18.5. The molecule has 4 saturated carbocycles. The van der Waals surface area contributed by atoms with Crippen LogP contribution in [0, 0.1) is 34.5 Å². The van der Waals surface area contributed by atoms with Crippen molar-refractivity contribution in [3.8, 4) is 0 Å². The molecular weight excluding hydrogens is 536 g/mol. The summed E-state index contributed by atoms with van der Waals surface area (Å²) in [5, 5.41) is 12.8. The van der Waals surface area contributed by atoms with E-state index in [1.807, 2.05) is 42.3 Å². The van der Waals surface area contributed by atoms with Crippen molar-refractivity contribution in [1.29, 1.82) is 0 Å². The van der Waals surface area contributed by atoms with Crippen LogP contribution in [0.3, 0.4) is 0 Å². The lowest BCUT2D eigenvalue weighted by atomic mass is 9.43. The number of hydrogen-bond acceptors (Lipinski definition) is 7. The van der Waals surface area contributed by atoms with Crippen molar-refractivity contribution >= 4 is 17.9 Å². The normalized spacial score (nSPS) is 41.6. The quantitative estimate of drug-likeness (QED) is 0.276. The highest BCUT2D eigenvalue weighted by Crippen LogP contribution is 2.70. The molecular formula is C33H54N2O7+2. The van der Waals surface area contributed by atoms with E-state index in [0.717, 1.165) is 50.5 Å². The summed E-state index contributed by atoms with van der Waals surface area (Å²) in [6.45, 7) is 5.36. The summed E-state index contributed by atoms with van der Waals surface area (Å²) in [5.41, 5.74) is -0.647. The van der Waals surface area contributed by atoms with Gasteiger partial charge in [0.15, 0.2) is 13.1 Å². The molecule has 0 unspecified atom stereocenters. The van der Waals surface area contributed by atoms with Crippen LogP contribution in [0.15, 0.2) is 11.6 Å². The number of esters is 3. The first-order valence-corrected chi connectivity index (χ1v) is 15.9. The predicted molar refractivity (Wildman–Crippen MR) is 157 cm³/mol. The summed E-state index contributed by atoms with van der Waals surface area (Å²) in [7, 11) is 11.9. The number of aliphatic hydroxyl groups is 1. The van der Waals surface area contributed by atoms with Gasteiger partial charge in [0.25, 0.3) is 0 Å². The van der Waals surface area contributed by atoms with Crippen molar-refractivity contribution in [2.24, 2.45) is 34.5 Å². The smallest absolute Gasteiger partial charge is 0.362 e. The third-order valence-corrected chi connectivity index (χ3v) is 11.7. The van der Waals surface area contributed by atoms with Crippen molar-refractivity contribution in [3.05, 3.63) is 11.6 Å². The second-order valence-electron chi connectivity index (χ2n) is 16.7. The van der Waals surface area contributed by atoms with Crippen LogP contribution in [0.4, 0.5) is 0 Å². The molecule has 9 nitrogen and oxygen atoms in total. The number of quaternary nitrogens is 2. The molecule has 0 bridgehead atoms. The number of fused-ring (bicyclic) bond motifs is 5. The van der Waals surface area contributed by atoms with Crippen LogP contribution in [-0.2, 0) is 28.6 Å². The number of carbonyl (C=O) groups excluding carboxylic acids is 3. The number of nitrogens with zero attached hydrogens (tertiary/aromatic N) is 2. The first kappa shape index (κ1) is 31.5. The van der Waals surface area contributed by atoms with Crippen molar-refractivity contribution < 1.29 is 42.7 Å². The molecule has 5 aliphatic rings. The van der Waals surface area contributed by atoms with Gasteiger partial charge in [-0.1, -0.05) is 13.8 Å². The molecule has 4 aliphatic carbocycles. The Bertz CT molecular complexity index is 1140. The Labute approximate surface area is 251 Å². The highest BCUT2D eigenvalue weighted by molar-refractivity contribution is 5.85. The Hall–Kier alpha value is -1.97. The van der Waals surface area contributed by atoms with Gasteiger partial charge in [-0.05, 0) is 73.7 Å². The molecule has 0 aromatic rings. The van der Waals surface area contributed by atoms with Crippen molar-refractivity contribution in [3.63, 3.8) is 0 Å². The predicted octanol–water partition coefficient (Wildman–Crippen LogP) is 3.09.